The lowest BCUT2D eigenvalue weighted by Crippen LogP contribution is -2.36. The highest BCUT2D eigenvalue weighted by Crippen LogP contribution is 2.21. The summed E-state index contributed by atoms with van der Waals surface area (Å²) in [5.41, 5.74) is 3.11. The number of primary sulfonamides is 1. The number of nitrogens with one attached hydrogen (secondary N) is 2. The number of nitrogens with zero attached hydrogens (tertiary/aromatic N) is 1. The van der Waals surface area contributed by atoms with E-state index in [-0.39, 0.29) is 28.9 Å². The molecule has 0 heterocycles. The number of aliphatic imine (C=N–C) groups is 1. The molecule has 178 valence electrons. The number of nitrogens with two attached hydrogens (primary N) is 1. The maximum Gasteiger partial charge on any atom is 0.238 e. The first-order valence-electron chi connectivity index (χ1n) is 10.5. The van der Waals surface area contributed by atoms with E-state index in [0.29, 0.717) is 31.6 Å². The lowest BCUT2D eigenvalue weighted by molar-refractivity contribution is 0.286. The van der Waals surface area contributed by atoms with Crippen molar-refractivity contribution in [2.45, 2.75) is 52.1 Å². The summed E-state index contributed by atoms with van der Waals surface area (Å²) in [7, 11) is -3.69. The van der Waals surface area contributed by atoms with Crippen LogP contribution in [-0.4, -0.2) is 27.5 Å². The Morgan fingerprint density at radius 2 is 1.81 bits per heavy atom. The first-order valence-corrected chi connectivity index (χ1v) is 12.1. The summed E-state index contributed by atoms with van der Waals surface area (Å²) in [6.45, 7) is 10.8. The number of hydrogen-bond donors (Lipinski definition) is 3. The minimum atomic E-state index is -3.69. The molecule has 2 aromatic carbocycles. The molecule has 0 amide bonds. The van der Waals surface area contributed by atoms with Gasteiger partial charge >= 0.3 is 0 Å². The smallest absolute Gasteiger partial charge is 0.238 e. The minimum Gasteiger partial charge on any atom is -0.493 e. The highest BCUT2D eigenvalue weighted by molar-refractivity contribution is 14.0. The monoisotopic (exact) mass is 574 g/mol. The van der Waals surface area contributed by atoms with Gasteiger partial charge in [0.25, 0.3) is 0 Å². The van der Waals surface area contributed by atoms with Crippen LogP contribution in [0.3, 0.4) is 0 Å². The summed E-state index contributed by atoms with van der Waals surface area (Å²) < 4.78 is 28.8. The summed E-state index contributed by atoms with van der Waals surface area (Å²) in [4.78, 5) is 4.69. The van der Waals surface area contributed by atoms with Gasteiger partial charge in [-0.1, -0.05) is 38.1 Å². The molecule has 0 aromatic heterocycles. The summed E-state index contributed by atoms with van der Waals surface area (Å²) >= 11 is 0. The van der Waals surface area contributed by atoms with Crippen molar-refractivity contribution in [3.05, 3.63) is 59.2 Å². The molecule has 7 nitrogen and oxygen atoms in total. The molecule has 0 fully saturated rings. The van der Waals surface area contributed by atoms with E-state index < -0.39 is 10.0 Å². The summed E-state index contributed by atoms with van der Waals surface area (Å²) in [5, 5.41) is 11.7. The fraction of sp³-hybridized carbons (Fsp3) is 0.435. The van der Waals surface area contributed by atoms with Crippen LogP contribution in [-0.2, 0) is 23.1 Å². The van der Waals surface area contributed by atoms with Crippen molar-refractivity contribution in [2.75, 3.05) is 13.2 Å². The van der Waals surface area contributed by atoms with Crippen LogP contribution in [0.4, 0.5) is 0 Å². The lowest BCUT2D eigenvalue weighted by atomic mass is 10.1. The van der Waals surface area contributed by atoms with Gasteiger partial charge in [0.15, 0.2) is 5.96 Å². The zero-order valence-electron chi connectivity index (χ0n) is 19.2. The third kappa shape index (κ3) is 9.74. The van der Waals surface area contributed by atoms with Crippen molar-refractivity contribution in [1.82, 2.24) is 10.6 Å². The van der Waals surface area contributed by atoms with Crippen molar-refractivity contribution in [3.8, 4) is 5.75 Å². The van der Waals surface area contributed by atoms with E-state index in [1.165, 1.54) is 12.1 Å². The predicted octanol–water partition coefficient (Wildman–Crippen LogP) is 3.94. The molecule has 2 rings (SSSR count). The van der Waals surface area contributed by atoms with Crippen molar-refractivity contribution in [2.24, 2.45) is 16.0 Å². The summed E-state index contributed by atoms with van der Waals surface area (Å²) in [5.74, 6) is 2.16. The molecule has 0 atom stereocenters. The van der Waals surface area contributed by atoms with E-state index in [4.69, 9.17) is 9.88 Å². The molecule has 32 heavy (non-hydrogen) atoms. The fourth-order valence-electron chi connectivity index (χ4n) is 2.82. The maximum absolute atomic E-state index is 11.4. The molecule has 0 aliphatic rings. The molecule has 9 heteroatoms. The van der Waals surface area contributed by atoms with E-state index in [1.807, 2.05) is 6.92 Å². The molecule has 2 aromatic rings. The van der Waals surface area contributed by atoms with Gasteiger partial charge in [0.1, 0.15) is 5.75 Å². The van der Waals surface area contributed by atoms with Crippen LogP contribution < -0.4 is 20.5 Å². The maximum atomic E-state index is 11.4. The van der Waals surface area contributed by atoms with Gasteiger partial charge in [0, 0.05) is 18.7 Å². The number of hydrogen-bond acceptors (Lipinski definition) is 4. The number of guanidine groups is 1. The topological polar surface area (TPSA) is 106 Å². The van der Waals surface area contributed by atoms with Crippen LogP contribution in [0.15, 0.2) is 52.4 Å². The Labute approximate surface area is 209 Å². The van der Waals surface area contributed by atoms with Crippen LogP contribution >= 0.6 is 24.0 Å². The molecule has 0 aliphatic carbocycles. The van der Waals surface area contributed by atoms with E-state index in [9.17, 15) is 8.42 Å². The van der Waals surface area contributed by atoms with Crippen LogP contribution in [0.5, 0.6) is 5.75 Å². The molecule has 0 bridgehead atoms. The summed E-state index contributed by atoms with van der Waals surface area (Å²) in [6.07, 6.45) is 1.01. The highest BCUT2D eigenvalue weighted by Gasteiger charge is 2.08. The number of halogens is 1. The Bertz CT molecular complexity index is 977. The van der Waals surface area contributed by atoms with Crippen LogP contribution in [0.1, 0.15) is 43.9 Å². The normalized spacial score (nSPS) is 11.8. The van der Waals surface area contributed by atoms with Crippen LogP contribution in [0.25, 0.3) is 0 Å². The third-order valence-corrected chi connectivity index (χ3v) is 5.57. The fourth-order valence-corrected chi connectivity index (χ4v) is 3.34. The molecule has 4 N–H and O–H groups in total. The van der Waals surface area contributed by atoms with E-state index >= 15 is 0 Å². The van der Waals surface area contributed by atoms with Crippen LogP contribution in [0.2, 0.25) is 0 Å². The second kappa shape index (κ2) is 13.6. The molecule has 0 radical (unpaired) electrons. The Morgan fingerprint density at radius 3 is 2.41 bits per heavy atom. The lowest BCUT2D eigenvalue weighted by Gasteiger charge is -2.16. The predicted molar refractivity (Wildman–Crippen MR) is 141 cm³/mol. The number of sulfonamides is 1. The molecular weight excluding hydrogens is 539 g/mol. The zero-order chi connectivity index (χ0) is 22.9. The largest absolute Gasteiger partial charge is 0.493 e. The highest BCUT2D eigenvalue weighted by atomic mass is 127. The molecule has 0 spiro atoms. The molecule has 0 saturated heterocycles. The second-order valence-corrected chi connectivity index (χ2v) is 9.44. The average molecular weight is 575 g/mol. The number of aryl methyl sites for hydroxylation is 1. The Kier molecular flexibility index (Phi) is 12.0. The van der Waals surface area contributed by atoms with Gasteiger partial charge in [-0.15, -0.1) is 24.0 Å². The Morgan fingerprint density at radius 1 is 1.12 bits per heavy atom. The molecule has 0 unspecified atom stereocenters. The molecule has 0 aliphatic heterocycles. The minimum absolute atomic E-state index is 0. The van der Waals surface area contributed by atoms with E-state index in [1.54, 1.807) is 12.1 Å². The van der Waals surface area contributed by atoms with Gasteiger partial charge in [-0.3, -0.25) is 0 Å². The van der Waals surface area contributed by atoms with Gasteiger partial charge < -0.3 is 15.4 Å². The number of rotatable bonds is 10. The van der Waals surface area contributed by atoms with Gasteiger partial charge in [-0.05, 0) is 55.5 Å². The first-order chi connectivity index (χ1) is 14.7. The van der Waals surface area contributed by atoms with Gasteiger partial charge in [0.2, 0.25) is 10.0 Å². The Balaban J connectivity index is 0.00000512. The number of benzene rings is 2. The quantitative estimate of drug-likeness (QED) is 0.227. The SMILES string of the molecule is CCNC(=NCc1ccc(S(N)(=O)=O)cc1)NCc1ccc(C)cc1OCCC(C)C.I. The molecular formula is C23H35IN4O3S. The summed E-state index contributed by atoms with van der Waals surface area (Å²) in [6, 6.07) is 12.6. The average Bonchev–Trinajstić information content (AvgIpc) is 2.70. The van der Waals surface area contributed by atoms with E-state index in [0.717, 1.165) is 35.4 Å². The van der Waals surface area contributed by atoms with Gasteiger partial charge in [-0.2, -0.15) is 0 Å². The van der Waals surface area contributed by atoms with Crippen molar-refractivity contribution >= 4 is 40.0 Å². The third-order valence-electron chi connectivity index (χ3n) is 4.64. The zero-order valence-corrected chi connectivity index (χ0v) is 22.4. The van der Waals surface area contributed by atoms with Gasteiger partial charge in [0.05, 0.1) is 18.0 Å². The standard InChI is InChI=1S/C23H34N4O3S.HI/c1-5-25-23(26-15-19-7-10-21(11-8-19)31(24,28)29)27-16-20-9-6-18(4)14-22(20)30-13-12-17(2)3;/h6-11,14,17H,5,12-13,15-16H2,1-4H3,(H2,24,28,29)(H2,25,26,27);1H. The van der Waals surface area contributed by atoms with Crippen LogP contribution in [0, 0.1) is 12.8 Å². The van der Waals surface area contributed by atoms with Gasteiger partial charge in [-0.25, -0.2) is 18.5 Å². The van der Waals surface area contributed by atoms with E-state index in [2.05, 4.69) is 54.6 Å². The van der Waals surface area contributed by atoms with Crippen molar-refractivity contribution in [3.63, 3.8) is 0 Å². The number of ether oxygens (including phenoxy) is 1. The Hall–Kier alpha value is -1.85. The molecule has 0 saturated carbocycles. The van der Waals surface area contributed by atoms with Crippen molar-refractivity contribution in [1.29, 1.82) is 0 Å². The second-order valence-electron chi connectivity index (χ2n) is 7.88. The first kappa shape index (κ1) is 28.2. The van der Waals surface area contributed by atoms with Crippen molar-refractivity contribution < 1.29 is 13.2 Å².